The number of phenols is 1. The van der Waals surface area contributed by atoms with E-state index < -0.39 is 6.10 Å². The van der Waals surface area contributed by atoms with E-state index in [1.165, 1.54) is 11.6 Å². The monoisotopic (exact) mass is 490 g/mol. The zero-order valence-corrected chi connectivity index (χ0v) is 21.4. The Morgan fingerprint density at radius 1 is 0.944 bits per heavy atom. The molecule has 0 bridgehead atoms. The number of benzene rings is 3. The van der Waals surface area contributed by atoms with Gasteiger partial charge in [-0.25, -0.2) is 0 Å². The molecule has 2 atom stereocenters. The van der Waals surface area contributed by atoms with Crippen LogP contribution in [0.3, 0.4) is 0 Å². The summed E-state index contributed by atoms with van der Waals surface area (Å²) in [5.74, 6) is 0.0154. The fourth-order valence-electron chi connectivity index (χ4n) is 4.42. The fraction of sp³-hybridized carbons (Fsp3) is 0.367. The largest absolute Gasteiger partial charge is 0.508 e. The van der Waals surface area contributed by atoms with Crippen molar-refractivity contribution >= 4 is 5.91 Å². The summed E-state index contributed by atoms with van der Waals surface area (Å²) in [7, 11) is 0. The van der Waals surface area contributed by atoms with E-state index in [0.29, 0.717) is 24.1 Å². The van der Waals surface area contributed by atoms with E-state index in [9.17, 15) is 20.1 Å². The predicted octanol–water partition coefficient (Wildman–Crippen LogP) is 3.82. The van der Waals surface area contributed by atoms with Crippen molar-refractivity contribution in [1.29, 1.82) is 0 Å². The number of nitrogens with one attached hydrogen (secondary N) is 2. The molecule has 0 radical (unpaired) electrons. The molecule has 3 aromatic rings. The lowest BCUT2D eigenvalue weighted by Crippen LogP contribution is -2.45. The van der Waals surface area contributed by atoms with Crippen molar-refractivity contribution in [2.24, 2.45) is 0 Å². The number of carbonyl (C=O) groups excluding carboxylic acids is 1. The van der Waals surface area contributed by atoms with Crippen molar-refractivity contribution in [1.82, 2.24) is 10.6 Å². The maximum absolute atomic E-state index is 12.7. The van der Waals surface area contributed by atoms with Gasteiger partial charge in [0.15, 0.2) is 0 Å². The van der Waals surface area contributed by atoms with Crippen molar-refractivity contribution in [3.63, 3.8) is 0 Å². The van der Waals surface area contributed by atoms with Crippen LogP contribution in [0.1, 0.15) is 54.7 Å². The van der Waals surface area contributed by atoms with Crippen LogP contribution in [-0.4, -0.2) is 39.4 Å². The number of aliphatic hydroxyl groups excluding tert-OH is 2. The van der Waals surface area contributed by atoms with Gasteiger partial charge in [0.25, 0.3) is 0 Å². The number of rotatable bonds is 12. The first kappa shape index (κ1) is 27.4. The highest BCUT2D eigenvalue weighted by Gasteiger charge is 2.21. The molecule has 36 heavy (non-hydrogen) atoms. The minimum atomic E-state index is -0.757. The molecule has 0 fully saturated rings. The van der Waals surface area contributed by atoms with Crippen LogP contribution >= 0.6 is 0 Å². The van der Waals surface area contributed by atoms with E-state index in [4.69, 9.17) is 0 Å². The van der Waals surface area contributed by atoms with Gasteiger partial charge in [0, 0.05) is 23.7 Å². The molecule has 0 saturated heterocycles. The molecule has 6 heteroatoms. The average molecular weight is 491 g/mol. The van der Waals surface area contributed by atoms with Crippen LogP contribution in [0.5, 0.6) is 5.75 Å². The molecular formula is C30H38N2O4. The number of carbonyl (C=O) groups is 1. The Morgan fingerprint density at radius 2 is 1.64 bits per heavy atom. The lowest BCUT2D eigenvalue weighted by atomic mass is 9.94. The molecule has 0 aliphatic carbocycles. The normalized spacial score (nSPS) is 13.2. The van der Waals surface area contributed by atoms with Gasteiger partial charge in [-0.15, -0.1) is 0 Å². The summed E-state index contributed by atoms with van der Waals surface area (Å²) in [6.07, 6.45) is 1.08. The molecule has 5 N–H and O–H groups in total. The number of amides is 1. The Balaban J connectivity index is 1.50. The molecule has 1 amide bonds. The van der Waals surface area contributed by atoms with Gasteiger partial charge in [0.2, 0.25) is 5.91 Å². The first-order valence-corrected chi connectivity index (χ1v) is 12.4. The lowest BCUT2D eigenvalue weighted by Gasteiger charge is -2.26. The van der Waals surface area contributed by atoms with Crippen molar-refractivity contribution < 1.29 is 20.1 Å². The first-order valence-electron chi connectivity index (χ1n) is 12.4. The Morgan fingerprint density at radius 3 is 2.36 bits per heavy atom. The second-order valence-electron chi connectivity index (χ2n) is 10.2. The molecule has 0 saturated carbocycles. The molecule has 0 heterocycles. The van der Waals surface area contributed by atoms with Gasteiger partial charge in [-0.2, -0.15) is 0 Å². The highest BCUT2D eigenvalue weighted by Crippen LogP contribution is 2.22. The number of aromatic hydroxyl groups is 1. The Hall–Kier alpha value is -3.19. The summed E-state index contributed by atoms with van der Waals surface area (Å²) in [5.41, 5.74) is 3.96. The third-order valence-corrected chi connectivity index (χ3v) is 6.18. The van der Waals surface area contributed by atoms with E-state index in [2.05, 4.69) is 28.8 Å². The molecule has 0 aliphatic heterocycles. The quantitative estimate of drug-likeness (QED) is 0.266. The predicted molar refractivity (Wildman–Crippen MR) is 143 cm³/mol. The van der Waals surface area contributed by atoms with Crippen LogP contribution in [0.15, 0.2) is 72.8 Å². The fourth-order valence-corrected chi connectivity index (χ4v) is 4.42. The molecule has 3 rings (SSSR count). The van der Waals surface area contributed by atoms with Gasteiger partial charge in [0.1, 0.15) is 5.75 Å². The first-order chi connectivity index (χ1) is 17.1. The minimum absolute atomic E-state index is 0.00137. The molecule has 0 aliphatic rings. The summed E-state index contributed by atoms with van der Waals surface area (Å²) in [6.45, 7) is 6.19. The van der Waals surface area contributed by atoms with Gasteiger partial charge in [-0.3, -0.25) is 4.79 Å². The van der Waals surface area contributed by atoms with Crippen LogP contribution in [0.2, 0.25) is 0 Å². The van der Waals surface area contributed by atoms with Crippen molar-refractivity contribution in [2.45, 2.75) is 64.3 Å². The number of aliphatic hydroxyl groups is 2. The van der Waals surface area contributed by atoms with Gasteiger partial charge >= 0.3 is 0 Å². The van der Waals surface area contributed by atoms with Gasteiger partial charge in [-0.05, 0) is 68.0 Å². The number of hydrogen-bond acceptors (Lipinski definition) is 5. The van der Waals surface area contributed by atoms with Gasteiger partial charge in [0.05, 0.1) is 19.1 Å². The Labute approximate surface area is 214 Å². The summed E-state index contributed by atoms with van der Waals surface area (Å²) in [5, 5.41) is 36.0. The molecular weight excluding hydrogens is 452 g/mol. The van der Waals surface area contributed by atoms with E-state index in [1.54, 1.807) is 12.1 Å². The van der Waals surface area contributed by atoms with Gasteiger partial charge < -0.3 is 26.0 Å². The maximum atomic E-state index is 12.7. The van der Waals surface area contributed by atoms with Crippen LogP contribution in [0.4, 0.5) is 0 Å². The smallest absolute Gasteiger partial charge is 0.224 e. The Kier molecular flexibility index (Phi) is 9.65. The molecule has 6 nitrogen and oxygen atoms in total. The van der Waals surface area contributed by atoms with Crippen LogP contribution < -0.4 is 10.6 Å². The second-order valence-corrected chi connectivity index (χ2v) is 10.2. The summed E-state index contributed by atoms with van der Waals surface area (Å²) in [6, 6.07) is 23.1. The third-order valence-electron chi connectivity index (χ3n) is 6.18. The maximum Gasteiger partial charge on any atom is 0.224 e. The molecule has 3 aromatic carbocycles. The van der Waals surface area contributed by atoms with E-state index in [1.807, 2.05) is 57.2 Å². The number of hydrogen-bond donors (Lipinski definition) is 5. The molecule has 0 aromatic heterocycles. The SMILES string of the molecule is C[C@H](Cc1cccc(CC(=O)NC(C)(C)Cc2ccccc2)c1)NC[C@H](O)c1ccc(O)c(CO)c1. The zero-order valence-electron chi connectivity index (χ0n) is 21.4. The topological polar surface area (TPSA) is 102 Å². The van der Waals surface area contributed by atoms with Crippen molar-refractivity contribution in [2.75, 3.05) is 6.54 Å². The molecule has 0 unspecified atom stereocenters. The van der Waals surface area contributed by atoms with Gasteiger partial charge in [-0.1, -0.05) is 60.7 Å². The summed E-state index contributed by atoms with van der Waals surface area (Å²) >= 11 is 0. The van der Waals surface area contributed by atoms with E-state index in [0.717, 1.165) is 24.0 Å². The Bertz CT molecular complexity index is 1130. The standard InChI is InChI=1S/C30H38N2O4/c1-21(31-19-28(35)25-12-13-27(34)26(17-25)20-33)14-23-10-7-11-24(15-23)16-29(36)32-30(2,3)18-22-8-5-4-6-9-22/h4-13,15,17,21,28,31,33-35H,14,16,18-20H2,1-3H3,(H,32,36)/t21-,28+/m1/s1. The molecule has 0 spiro atoms. The minimum Gasteiger partial charge on any atom is -0.508 e. The highest BCUT2D eigenvalue weighted by atomic mass is 16.3. The van der Waals surface area contributed by atoms with E-state index >= 15 is 0 Å². The van der Waals surface area contributed by atoms with Crippen molar-refractivity contribution in [3.05, 3.63) is 101 Å². The summed E-state index contributed by atoms with van der Waals surface area (Å²) < 4.78 is 0. The van der Waals surface area contributed by atoms with Crippen LogP contribution in [-0.2, 0) is 30.7 Å². The molecule has 192 valence electrons. The summed E-state index contributed by atoms with van der Waals surface area (Å²) in [4.78, 5) is 12.7. The van der Waals surface area contributed by atoms with E-state index in [-0.39, 0.29) is 29.8 Å². The second kappa shape index (κ2) is 12.7. The zero-order chi connectivity index (χ0) is 26.1. The average Bonchev–Trinajstić information content (AvgIpc) is 2.83. The van der Waals surface area contributed by atoms with Crippen molar-refractivity contribution in [3.8, 4) is 5.75 Å². The van der Waals surface area contributed by atoms with Crippen LogP contribution in [0.25, 0.3) is 0 Å². The highest BCUT2D eigenvalue weighted by molar-refractivity contribution is 5.79. The lowest BCUT2D eigenvalue weighted by molar-refractivity contribution is -0.122. The van der Waals surface area contributed by atoms with Crippen LogP contribution in [0, 0.1) is 0 Å². The third kappa shape index (κ3) is 8.48.